The molecule has 0 aliphatic heterocycles. The Labute approximate surface area is 74.8 Å². The van der Waals surface area contributed by atoms with Gasteiger partial charge < -0.3 is 0 Å². The molecule has 0 bridgehead atoms. The molecule has 0 saturated heterocycles. The molecule has 0 amide bonds. The van der Waals surface area contributed by atoms with E-state index in [1.54, 1.807) is 0 Å². The molecule has 0 fully saturated rings. The summed E-state index contributed by atoms with van der Waals surface area (Å²) < 4.78 is 0. The zero-order chi connectivity index (χ0) is 6.85. The van der Waals surface area contributed by atoms with Crippen LogP contribution in [0, 0.1) is 26.8 Å². The maximum absolute atomic E-state index is 3.24. The van der Waals surface area contributed by atoms with Crippen molar-refractivity contribution in [1.82, 2.24) is 0 Å². The fourth-order valence-electron chi connectivity index (χ4n) is 0.811. The van der Waals surface area contributed by atoms with Crippen molar-refractivity contribution in [1.29, 1.82) is 0 Å². The van der Waals surface area contributed by atoms with E-state index in [1.807, 2.05) is 0 Å². The molecule has 0 aliphatic rings. The fraction of sp³-hybridized carbons (Fsp3) is 0.333. The summed E-state index contributed by atoms with van der Waals surface area (Å²) in [5, 5.41) is 0. The third-order valence-corrected chi connectivity index (χ3v) is 1.56. The molecule has 49 valence electrons. The van der Waals surface area contributed by atoms with Crippen LogP contribution in [-0.2, 0) is 0 Å². The molecular weight excluding hydrogens is 115 g/mol. The third kappa shape index (κ3) is 2.21. The Kier molecular flexibility index (Phi) is 3.79. The zero-order valence-corrected chi connectivity index (χ0v) is 6.15. The second-order valence-electron chi connectivity index (χ2n) is 2.45. The van der Waals surface area contributed by atoms with E-state index in [-0.39, 0.29) is 18.9 Å². The first-order chi connectivity index (χ1) is 4.20. The quantitative estimate of drug-likeness (QED) is 0.466. The summed E-state index contributed by atoms with van der Waals surface area (Å²) in [6.07, 6.45) is 0. The fourth-order valence-corrected chi connectivity index (χ4v) is 0.811. The van der Waals surface area contributed by atoms with Gasteiger partial charge >= 0.3 is 18.9 Å². The average Bonchev–Trinajstić information content (AvgIpc) is 1.80. The monoisotopic (exact) mass is 127 g/mol. The standard InChI is InChI=1S/C9H11.Li.H/c1-7-4-5-8(2)9(3)6-7;;/h4-5H,1-3H3;;. The molecule has 0 nitrogen and oxygen atoms in total. The normalized spacial score (nSPS) is 8.70. The van der Waals surface area contributed by atoms with Crippen molar-refractivity contribution in [3.8, 4) is 0 Å². The SMILES string of the molecule is Cc1[c]c(C)c(C)cc1.[LiH]. The number of rotatable bonds is 0. The Bertz CT molecular complexity index is 216. The summed E-state index contributed by atoms with van der Waals surface area (Å²) >= 11 is 0. The van der Waals surface area contributed by atoms with Crippen molar-refractivity contribution >= 4 is 18.9 Å². The van der Waals surface area contributed by atoms with Crippen LogP contribution >= 0.6 is 0 Å². The van der Waals surface area contributed by atoms with Crippen molar-refractivity contribution in [3.63, 3.8) is 0 Å². The molecule has 1 aromatic rings. The third-order valence-electron chi connectivity index (χ3n) is 1.56. The van der Waals surface area contributed by atoms with Crippen LogP contribution in [0.25, 0.3) is 0 Å². The molecular formula is C9H12Li. The molecule has 1 aromatic carbocycles. The Morgan fingerprint density at radius 1 is 1.10 bits per heavy atom. The maximum atomic E-state index is 3.24. The van der Waals surface area contributed by atoms with Crippen LogP contribution in [0.15, 0.2) is 12.1 Å². The number of aryl methyl sites for hydroxylation is 3. The molecule has 1 radical (unpaired) electrons. The van der Waals surface area contributed by atoms with E-state index in [0.29, 0.717) is 0 Å². The number of hydrogen-bond acceptors (Lipinski definition) is 0. The van der Waals surface area contributed by atoms with Gasteiger partial charge in [0.15, 0.2) is 0 Å². The summed E-state index contributed by atoms with van der Waals surface area (Å²) in [5.74, 6) is 0. The number of hydrogen-bond donors (Lipinski definition) is 0. The van der Waals surface area contributed by atoms with Crippen LogP contribution < -0.4 is 0 Å². The van der Waals surface area contributed by atoms with Crippen molar-refractivity contribution in [2.45, 2.75) is 20.8 Å². The topological polar surface area (TPSA) is 0 Å². The van der Waals surface area contributed by atoms with Gasteiger partial charge in [-0.2, -0.15) is 0 Å². The van der Waals surface area contributed by atoms with Crippen molar-refractivity contribution in [3.05, 3.63) is 34.9 Å². The molecule has 1 rings (SSSR count). The van der Waals surface area contributed by atoms with Gasteiger partial charge in [0, 0.05) is 0 Å². The molecule has 0 heterocycles. The second-order valence-corrected chi connectivity index (χ2v) is 2.45. The number of benzene rings is 1. The van der Waals surface area contributed by atoms with Gasteiger partial charge in [-0.25, -0.2) is 0 Å². The van der Waals surface area contributed by atoms with E-state index in [9.17, 15) is 0 Å². The minimum atomic E-state index is 0. The van der Waals surface area contributed by atoms with Gasteiger partial charge in [-0.15, -0.1) is 0 Å². The predicted molar refractivity (Wildman–Crippen MR) is 46.6 cm³/mol. The van der Waals surface area contributed by atoms with Gasteiger partial charge in [0.25, 0.3) is 0 Å². The van der Waals surface area contributed by atoms with Gasteiger partial charge in [0.05, 0.1) is 0 Å². The average molecular weight is 127 g/mol. The van der Waals surface area contributed by atoms with Crippen LogP contribution in [0.4, 0.5) is 0 Å². The van der Waals surface area contributed by atoms with E-state index < -0.39 is 0 Å². The Balaban J connectivity index is 0.000000810. The molecule has 0 spiro atoms. The van der Waals surface area contributed by atoms with E-state index >= 15 is 0 Å². The van der Waals surface area contributed by atoms with Crippen molar-refractivity contribution in [2.75, 3.05) is 0 Å². The Morgan fingerprint density at radius 2 is 1.70 bits per heavy atom. The molecule has 1 heteroatoms. The van der Waals surface area contributed by atoms with Crippen LogP contribution in [0.3, 0.4) is 0 Å². The first kappa shape index (κ1) is 9.82. The molecule has 0 N–H and O–H groups in total. The van der Waals surface area contributed by atoms with Crippen LogP contribution in [0.1, 0.15) is 16.7 Å². The first-order valence-electron chi connectivity index (χ1n) is 3.16. The Morgan fingerprint density at radius 3 is 2.10 bits per heavy atom. The van der Waals surface area contributed by atoms with Crippen molar-refractivity contribution in [2.24, 2.45) is 0 Å². The molecule has 0 aliphatic carbocycles. The van der Waals surface area contributed by atoms with Crippen LogP contribution in [-0.4, -0.2) is 18.9 Å². The minimum absolute atomic E-state index is 0. The van der Waals surface area contributed by atoms with E-state index in [0.717, 1.165) is 0 Å². The summed E-state index contributed by atoms with van der Waals surface area (Å²) in [6.45, 7) is 6.25. The van der Waals surface area contributed by atoms with Gasteiger partial charge in [-0.3, -0.25) is 0 Å². The summed E-state index contributed by atoms with van der Waals surface area (Å²) in [6, 6.07) is 7.45. The summed E-state index contributed by atoms with van der Waals surface area (Å²) in [5.41, 5.74) is 3.80. The van der Waals surface area contributed by atoms with E-state index in [1.165, 1.54) is 16.7 Å². The zero-order valence-electron chi connectivity index (χ0n) is 6.15. The van der Waals surface area contributed by atoms with Crippen LogP contribution in [0.2, 0.25) is 0 Å². The van der Waals surface area contributed by atoms with Gasteiger partial charge in [0.1, 0.15) is 0 Å². The molecule has 0 aromatic heterocycles. The van der Waals surface area contributed by atoms with Gasteiger partial charge in [-0.1, -0.05) is 12.1 Å². The molecule has 0 atom stereocenters. The van der Waals surface area contributed by atoms with Crippen LogP contribution in [0.5, 0.6) is 0 Å². The molecule has 10 heavy (non-hydrogen) atoms. The molecule has 0 saturated carbocycles. The predicted octanol–water partition coefficient (Wildman–Crippen LogP) is 1.76. The first-order valence-corrected chi connectivity index (χ1v) is 3.16. The van der Waals surface area contributed by atoms with E-state index in [4.69, 9.17) is 0 Å². The summed E-state index contributed by atoms with van der Waals surface area (Å²) in [7, 11) is 0. The van der Waals surface area contributed by atoms with Gasteiger partial charge in [0.2, 0.25) is 0 Å². The Hall–Kier alpha value is -0.183. The van der Waals surface area contributed by atoms with Crippen molar-refractivity contribution < 1.29 is 0 Å². The van der Waals surface area contributed by atoms with E-state index in [2.05, 4.69) is 39.0 Å². The summed E-state index contributed by atoms with van der Waals surface area (Å²) in [4.78, 5) is 0. The molecule has 0 unspecified atom stereocenters. The second kappa shape index (κ2) is 3.86. The van der Waals surface area contributed by atoms with Gasteiger partial charge in [-0.05, 0) is 43.5 Å².